The lowest BCUT2D eigenvalue weighted by Gasteiger charge is -2.12. The maximum Gasteiger partial charge on any atom is 0.238 e. The molecule has 1 heterocycles. The third-order valence-corrected chi connectivity index (χ3v) is 6.53. The molecule has 5 aromatic rings. The van der Waals surface area contributed by atoms with Gasteiger partial charge in [-0.2, -0.15) is 5.26 Å². The first-order chi connectivity index (χ1) is 19.2. The second-order valence-corrected chi connectivity index (χ2v) is 9.56. The molecule has 5 nitrogen and oxygen atoms in total. The molecule has 0 aliphatic heterocycles. The molecule has 0 aliphatic carbocycles. The summed E-state index contributed by atoms with van der Waals surface area (Å²) in [6.07, 6.45) is 1.67. The number of ether oxygens (including phenoxy) is 2. The van der Waals surface area contributed by atoms with Gasteiger partial charge >= 0.3 is 0 Å². The Bertz CT molecular complexity index is 1620. The third-order valence-electron chi connectivity index (χ3n) is 6.01. The number of furan rings is 1. The number of aliphatic imine (C=N–C) groups is 1. The van der Waals surface area contributed by atoms with E-state index in [1.807, 2.05) is 110 Å². The first kappa shape index (κ1) is 26.0. The topological polar surface area (TPSA) is 67.8 Å². The number of rotatable bonds is 9. The quantitative estimate of drug-likeness (QED) is 0.164. The van der Waals surface area contributed by atoms with Crippen molar-refractivity contribution in [3.05, 3.63) is 124 Å². The standard InChI is InChI=1S/C33H25BrN2O3/c1-2-37-30-19-24(15-18-29(30)38-22-23-13-16-27(34)17-14-23)21-36-33-28(20-35)31(25-9-5-3-6-10-25)32(39-33)26-11-7-4-8-12-26/h3-19,21H,2,22H2,1H3. The molecule has 0 saturated heterocycles. The van der Waals surface area contributed by atoms with Gasteiger partial charge in [0.1, 0.15) is 24.0 Å². The van der Waals surface area contributed by atoms with E-state index in [1.165, 1.54) is 0 Å². The van der Waals surface area contributed by atoms with Crippen molar-refractivity contribution >= 4 is 28.0 Å². The second kappa shape index (κ2) is 12.3. The molecule has 4 aromatic carbocycles. The molecule has 39 heavy (non-hydrogen) atoms. The van der Waals surface area contributed by atoms with E-state index in [0.29, 0.717) is 36.0 Å². The van der Waals surface area contributed by atoms with Crippen molar-refractivity contribution in [1.82, 2.24) is 0 Å². The van der Waals surface area contributed by atoms with Gasteiger partial charge in [0.25, 0.3) is 0 Å². The highest BCUT2D eigenvalue weighted by Gasteiger charge is 2.22. The molecule has 6 heteroatoms. The van der Waals surface area contributed by atoms with Gasteiger partial charge in [0.05, 0.1) is 6.61 Å². The zero-order valence-corrected chi connectivity index (χ0v) is 22.9. The van der Waals surface area contributed by atoms with Gasteiger partial charge in [0.15, 0.2) is 11.5 Å². The van der Waals surface area contributed by atoms with E-state index in [-0.39, 0.29) is 5.88 Å². The Morgan fingerprint density at radius 3 is 2.21 bits per heavy atom. The molecule has 0 radical (unpaired) electrons. The molecule has 0 saturated carbocycles. The summed E-state index contributed by atoms with van der Waals surface area (Å²) in [5.74, 6) is 2.12. The van der Waals surface area contributed by atoms with E-state index in [1.54, 1.807) is 6.21 Å². The highest BCUT2D eigenvalue weighted by molar-refractivity contribution is 9.10. The highest BCUT2D eigenvalue weighted by Crippen LogP contribution is 2.42. The number of hydrogen-bond acceptors (Lipinski definition) is 5. The average molecular weight is 577 g/mol. The van der Waals surface area contributed by atoms with E-state index in [2.05, 4.69) is 27.0 Å². The fraction of sp³-hybridized carbons (Fsp3) is 0.0909. The van der Waals surface area contributed by atoms with Crippen LogP contribution in [0.1, 0.15) is 23.6 Å². The third kappa shape index (κ3) is 6.11. The van der Waals surface area contributed by atoms with Crippen molar-refractivity contribution in [2.75, 3.05) is 6.61 Å². The van der Waals surface area contributed by atoms with Crippen molar-refractivity contribution in [3.8, 4) is 40.0 Å². The summed E-state index contributed by atoms with van der Waals surface area (Å²) in [4.78, 5) is 4.60. The van der Waals surface area contributed by atoms with E-state index in [9.17, 15) is 5.26 Å². The van der Waals surface area contributed by atoms with Crippen LogP contribution in [0, 0.1) is 11.3 Å². The molecule has 0 atom stereocenters. The van der Waals surface area contributed by atoms with Gasteiger partial charge in [-0.1, -0.05) is 88.7 Å². The molecule has 0 spiro atoms. The van der Waals surface area contributed by atoms with Gasteiger partial charge in [-0.15, -0.1) is 0 Å². The van der Waals surface area contributed by atoms with Gasteiger partial charge < -0.3 is 13.9 Å². The predicted molar refractivity (Wildman–Crippen MR) is 158 cm³/mol. The van der Waals surface area contributed by atoms with Crippen molar-refractivity contribution in [3.63, 3.8) is 0 Å². The minimum Gasteiger partial charge on any atom is -0.490 e. The zero-order valence-electron chi connectivity index (χ0n) is 21.3. The van der Waals surface area contributed by atoms with Crippen molar-refractivity contribution in [2.24, 2.45) is 4.99 Å². The smallest absolute Gasteiger partial charge is 0.238 e. The molecule has 0 bridgehead atoms. The lowest BCUT2D eigenvalue weighted by molar-refractivity contribution is 0.269. The zero-order chi connectivity index (χ0) is 27.0. The average Bonchev–Trinajstić information content (AvgIpc) is 3.36. The molecule has 0 unspecified atom stereocenters. The Morgan fingerprint density at radius 2 is 1.54 bits per heavy atom. The number of nitrogens with zero attached hydrogens (tertiary/aromatic N) is 2. The summed E-state index contributed by atoms with van der Waals surface area (Å²) in [7, 11) is 0. The van der Waals surface area contributed by atoms with Gasteiger partial charge in [-0.25, -0.2) is 4.99 Å². The van der Waals surface area contributed by atoms with Crippen LogP contribution in [0.5, 0.6) is 11.5 Å². The summed E-state index contributed by atoms with van der Waals surface area (Å²) >= 11 is 3.45. The van der Waals surface area contributed by atoms with Crippen LogP contribution in [0.2, 0.25) is 0 Å². The molecule has 0 amide bonds. The van der Waals surface area contributed by atoms with Crippen LogP contribution in [0.25, 0.3) is 22.5 Å². The Hall–Kier alpha value is -4.60. The van der Waals surface area contributed by atoms with E-state index < -0.39 is 0 Å². The summed E-state index contributed by atoms with van der Waals surface area (Å²) in [5, 5.41) is 10.1. The van der Waals surface area contributed by atoms with E-state index in [4.69, 9.17) is 13.9 Å². The molecule has 1 aromatic heterocycles. The van der Waals surface area contributed by atoms with Crippen LogP contribution >= 0.6 is 15.9 Å². The van der Waals surface area contributed by atoms with Gasteiger partial charge in [0.2, 0.25) is 5.88 Å². The van der Waals surface area contributed by atoms with Gasteiger partial charge in [0, 0.05) is 21.8 Å². The molecular weight excluding hydrogens is 552 g/mol. The number of nitriles is 1. The maximum absolute atomic E-state index is 10.1. The molecule has 192 valence electrons. The van der Waals surface area contributed by atoms with E-state index in [0.717, 1.165) is 32.3 Å². The predicted octanol–water partition coefficient (Wildman–Crippen LogP) is 8.98. The summed E-state index contributed by atoms with van der Waals surface area (Å²) < 4.78 is 19.1. The summed E-state index contributed by atoms with van der Waals surface area (Å²) in [6.45, 7) is 2.84. The largest absolute Gasteiger partial charge is 0.490 e. The normalized spacial score (nSPS) is 10.9. The first-order valence-corrected chi connectivity index (χ1v) is 13.3. The minimum atomic E-state index is 0.253. The molecule has 0 N–H and O–H groups in total. The lowest BCUT2D eigenvalue weighted by Crippen LogP contribution is -2.00. The summed E-state index contributed by atoms with van der Waals surface area (Å²) in [5.41, 5.74) is 4.72. The first-order valence-electron chi connectivity index (χ1n) is 12.5. The molecule has 0 aliphatic rings. The Labute approximate surface area is 236 Å². The summed E-state index contributed by atoms with van der Waals surface area (Å²) in [6, 6.07) is 35.4. The molecule has 0 fully saturated rings. The fourth-order valence-electron chi connectivity index (χ4n) is 4.15. The number of hydrogen-bond donors (Lipinski definition) is 0. The van der Waals surface area contributed by atoms with Crippen LogP contribution in [0.3, 0.4) is 0 Å². The van der Waals surface area contributed by atoms with Crippen molar-refractivity contribution < 1.29 is 13.9 Å². The van der Waals surface area contributed by atoms with Crippen LogP contribution < -0.4 is 9.47 Å². The second-order valence-electron chi connectivity index (χ2n) is 8.64. The maximum atomic E-state index is 10.1. The van der Waals surface area contributed by atoms with E-state index >= 15 is 0 Å². The van der Waals surface area contributed by atoms with Crippen LogP contribution in [-0.2, 0) is 6.61 Å². The van der Waals surface area contributed by atoms with Crippen molar-refractivity contribution in [1.29, 1.82) is 5.26 Å². The van der Waals surface area contributed by atoms with Crippen LogP contribution in [-0.4, -0.2) is 12.8 Å². The highest BCUT2D eigenvalue weighted by atomic mass is 79.9. The lowest BCUT2D eigenvalue weighted by atomic mass is 9.98. The van der Waals surface area contributed by atoms with Crippen molar-refractivity contribution in [2.45, 2.75) is 13.5 Å². The molecule has 5 rings (SSSR count). The van der Waals surface area contributed by atoms with Crippen LogP contribution in [0.4, 0.5) is 5.88 Å². The monoisotopic (exact) mass is 576 g/mol. The molecular formula is C33H25BrN2O3. The SMILES string of the molecule is CCOc1cc(C=Nc2oc(-c3ccccc3)c(-c3ccccc3)c2C#N)ccc1OCc1ccc(Br)cc1. The number of halogens is 1. The fourth-order valence-corrected chi connectivity index (χ4v) is 4.42. The number of benzene rings is 4. The van der Waals surface area contributed by atoms with Crippen LogP contribution in [0.15, 0.2) is 117 Å². The van der Waals surface area contributed by atoms with Gasteiger partial charge in [-0.3, -0.25) is 0 Å². The minimum absolute atomic E-state index is 0.253. The Balaban J connectivity index is 1.47. The Morgan fingerprint density at radius 1 is 0.846 bits per heavy atom. The Kier molecular flexibility index (Phi) is 8.20. The van der Waals surface area contributed by atoms with Gasteiger partial charge in [-0.05, 0) is 53.9 Å².